The van der Waals surface area contributed by atoms with Crippen molar-refractivity contribution < 1.29 is 4.79 Å². The highest BCUT2D eigenvalue weighted by Crippen LogP contribution is 2.15. The zero-order valence-corrected chi connectivity index (χ0v) is 9.64. The molecule has 0 saturated heterocycles. The maximum absolute atomic E-state index is 10.4. The minimum atomic E-state index is 0.698. The van der Waals surface area contributed by atoms with E-state index >= 15 is 0 Å². The van der Waals surface area contributed by atoms with Gasteiger partial charge in [0, 0.05) is 5.57 Å². The van der Waals surface area contributed by atoms with Gasteiger partial charge in [-0.15, -0.1) is 12.6 Å². The van der Waals surface area contributed by atoms with E-state index in [1.807, 2.05) is 25.2 Å². The largest absolute Gasteiger partial charge is 0.298 e. The Balaban J connectivity index is 2.98. The first-order chi connectivity index (χ1) is 7.13. The lowest BCUT2D eigenvalue weighted by atomic mass is 10.1. The van der Waals surface area contributed by atoms with E-state index in [1.54, 1.807) is 13.0 Å². The highest BCUT2D eigenvalue weighted by Gasteiger charge is 1.96. The van der Waals surface area contributed by atoms with Crippen LogP contribution in [0.15, 0.2) is 57.4 Å². The number of carbonyl (C=O) groups excluding carboxylic acids is 1. The van der Waals surface area contributed by atoms with Crippen LogP contribution in [0.25, 0.3) is 0 Å². The molecule has 0 bridgehead atoms. The van der Waals surface area contributed by atoms with Crippen molar-refractivity contribution in [1.82, 2.24) is 0 Å². The fourth-order valence-corrected chi connectivity index (χ4v) is 1.12. The van der Waals surface area contributed by atoms with Crippen molar-refractivity contribution in [2.24, 2.45) is 0 Å². The van der Waals surface area contributed by atoms with E-state index in [4.69, 9.17) is 0 Å². The molecule has 0 aliphatic heterocycles. The van der Waals surface area contributed by atoms with Crippen LogP contribution in [0.4, 0.5) is 0 Å². The molecule has 76 valence electrons. The van der Waals surface area contributed by atoms with Crippen molar-refractivity contribution in [3.05, 3.63) is 57.4 Å². The van der Waals surface area contributed by atoms with Gasteiger partial charge in [0.2, 0.25) is 0 Å². The van der Waals surface area contributed by atoms with Crippen molar-refractivity contribution in [2.75, 3.05) is 0 Å². The number of aldehydes is 1. The molecule has 0 amide bonds. The van der Waals surface area contributed by atoms with Crippen LogP contribution in [-0.4, -0.2) is 6.29 Å². The topological polar surface area (TPSA) is 17.1 Å². The molecule has 1 aliphatic carbocycles. The van der Waals surface area contributed by atoms with Gasteiger partial charge in [0.15, 0.2) is 0 Å². The van der Waals surface area contributed by atoms with E-state index in [0.29, 0.717) is 5.57 Å². The second-order valence-corrected chi connectivity index (χ2v) is 3.74. The summed E-state index contributed by atoms with van der Waals surface area (Å²) in [5, 5.41) is 0. The summed E-state index contributed by atoms with van der Waals surface area (Å²) in [5.41, 5.74) is 8.58. The number of thiol groups is 1. The van der Waals surface area contributed by atoms with Gasteiger partial charge in [0.05, 0.1) is 4.91 Å². The van der Waals surface area contributed by atoms with Gasteiger partial charge >= 0.3 is 0 Å². The van der Waals surface area contributed by atoms with Gasteiger partial charge < -0.3 is 0 Å². The summed E-state index contributed by atoms with van der Waals surface area (Å²) in [6.07, 6.45) is 8.29. The average Bonchev–Trinajstić information content (AvgIpc) is 2.26. The molecule has 0 fully saturated rings. The van der Waals surface area contributed by atoms with Crippen LogP contribution < -0.4 is 0 Å². The summed E-state index contributed by atoms with van der Waals surface area (Å²) in [4.78, 5) is 11.1. The minimum Gasteiger partial charge on any atom is -0.298 e. The van der Waals surface area contributed by atoms with Crippen LogP contribution in [0.3, 0.4) is 0 Å². The second kappa shape index (κ2) is 5.43. The monoisotopic (exact) mass is 216 g/mol. The summed E-state index contributed by atoms with van der Waals surface area (Å²) >= 11 is 4.14. The Kier molecular flexibility index (Phi) is 4.20. The molecule has 2 heteroatoms. The summed E-state index contributed by atoms with van der Waals surface area (Å²) < 4.78 is 0. The van der Waals surface area contributed by atoms with E-state index in [0.717, 1.165) is 22.3 Å². The maximum atomic E-state index is 10.4. The highest BCUT2D eigenvalue weighted by molar-refractivity contribution is 7.84. The summed E-state index contributed by atoms with van der Waals surface area (Å²) in [6, 6.07) is 0. The molecule has 1 nitrogen and oxygen atoms in total. The smallest absolute Gasteiger partial charge is 0.145 e. The molecule has 1 rings (SSSR count). The van der Waals surface area contributed by atoms with Crippen molar-refractivity contribution in [3.63, 3.8) is 0 Å². The normalized spacial score (nSPS) is 16.2. The third-order valence-corrected chi connectivity index (χ3v) is 2.20. The van der Waals surface area contributed by atoms with Crippen molar-refractivity contribution in [2.45, 2.75) is 13.8 Å². The van der Waals surface area contributed by atoms with Crippen LogP contribution in [0.1, 0.15) is 13.8 Å². The first-order valence-electron chi connectivity index (χ1n) is 4.57. The number of carbonyl (C=O) groups is 1. The third kappa shape index (κ3) is 3.65. The molecule has 1 aliphatic rings. The van der Waals surface area contributed by atoms with Gasteiger partial charge in [-0.1, -0.05) is 23.6 Å². The molecule has 0 saturated carbocycles. The Labute approximate surface area is 95.3 Å². The predicted molar refractivity (Wildman–Crippen MR) is 65.8 cm³/mol. The van der Waals surface area contributed by atoms with Gasteiger partial charge in [-0.25, -0.2) is 0 Å². The van der Waals surface area contributed by atoms with Crippen molar-refractivity contribution in [1.29, 1.82) is 0 Å². The average molecular weight is 216 g/mol. The van der Waals surface area contributed by atoms with Crippen molar-refractivity contribution >= 4 is 18.9 Å². The summed E-state index contributed by atoms with van der Waals surface area (Å²) in [5.74, 6) is 0. The van der Waals surface area contributed by atoms with Crippen LogP contribution in [0, 0.1) is 0 Å². The molecule has 0 aromatic carbocycles. The van der Waals surface area contributed by atoms with E-state index in [2.05, 4.69) is 24.1 Å². The Hall–Kier alpha value is -1.46. The van der Waals surface area contributed by atoms with Gasteiger partial charge in [0.25, 0.3) is 0 Å². The van der Waals surface area contributed by atoms with E-state index in [-0.39, 0.29) is 0 Å². The standard InChI is InChI=1S/C13H12OS/c1-10(9-14)3-4-11(2)12-5-7-13(15)8-6-12/h3-5,7,9,15H,1-2H3/b10-3+,11-4+. The summed E-state index contributed by atoms with van der Waals surface area (Å²) in [7, 11) is 0. The molecular formula is C13H12OS. The van der Waals surface area contributed by atoms with Crippen molar-refractivity contribution in [3.8, 4) is 0 Å². The first kappa shape index (κ1) is 11.6. The lowest BCUT2D eigenvalue weighted by Gasteiger charge is -1.99. The molecule has 0 spiro atoms. The highest BCUT2D eigenvalue weighted by atomic mass is 32.1. The molecule has 0 aromatic rings. The lowest BCUT2D eigenvalue weighted by molar-refractivity contribution is -0.104. The number of rotatable bonds is 3. The minimum absolute atomic E-state index is 0.698. The zero-order chi connectivity index (χ0) is 11.3. The molecule has 0 atom stereocenters. The molecule has 0 heterocycles. The van der Waals surface area contributed by atoms with Gasteiger partial charge in [0.1, 0.15) is 6.29 Å². The van der Waals surface area contributed by atoms with E-state index in [9.17, 15) is 4.79 Å². The Morgan fingerprint density at radius 1 is 1.27 bits per heavy atom. The molecular weight excluding hydrogens is 204 g/mol. The van der Waals surface area contributed by atoms with Crippen LogP contribution >= 0.6 is 12.6 Å². The molecule has 0 aromatic heterocycles. The lowest BCUT2D eigenvalue weighted by Crippen LogP contribution is -1.82. The SMILES string of the molecule is C/C(C=O)=C\C=C(/C)C1=C=C=C(S)C=C1. The molecule has 0 radical (unpaired) electrons. The third-order valence-electron chi connectivity index (χ3n) is 1.94. The van der Waals surface area contributed by atoms with E-state index < -0.39 is 0 Å². The Morgan fingerprint density at radius 2 is 2.00 bits per heavy atom. The van der Waals surface area contributed by atoms with Crippen LogP contribution in [0.2, 0.25) is 0 Å². The van der Waals surface area contributed by atoms with E-state index in [1.165, 1.54) is 0 Å². The number of hydrogen-bond donors (Lipinski definition) is 1. The van der Waals surface area contributed by atoms with Crippen LogP contribution in [-0.2, 0) is 4.79 Å². The summed E-state index contributed by atoms with van der Waals surface area (Å²) in [6.45, 7) is 3.73. The predicted octanol–water partition coefficient (Wildman–Crippen LogP) is 3.14. The Morgan fingerprint density at radius 3 is 2.53 bits per heavy atom. The molecule has 15 heavy (non-hydrogen) atoms. The second-order valence-electron chi connectivity index (χ2n) is 3.26. The fourth-order valence-electron chi connectivity index (χ4n) is 0.993. The maximum Gasteiger partial charge on any atom is 0.145 e. The van der Waals surface area contributed by atoms with Gasteiger partial charge in [-0.2, -0.15) is 0 Å². The fraction of sp³-hybridized carbons (Fsp3) is 0.154. The molecule has 0 N–H and O–H groups in total. The Bertz CT molecular complexity index is 463. The molecule has 0 unspecified atom stereocenters. The first-order valence-corrected chi connectivity index (χ1v) is 5.02. The zero-order valence-electron chi connectivity index (χ0n) is 8.74. The van der Waals surface area contributed by atoms with Gasteiger partial charge in [-0.05, 0) is 37.1 Å². The van der Waals surface area contributed by atoms with Crippen LogP contribution in [0.5, 0.6) is 0 Å². The number of hydrogen-bond acceptors (Lipinski definition) is 2. The number of allylic oxidation sites excluding steroid dienone is 7. The van der Waals surface area contributed by atoms with Gasteiger partial charge in [-0.3, -0.25) is 4.79 Å². The quantitative estimate of drug-likeness (QED) is 0.252.